The SMILES string of the molecule is CCCC(CC)NCC1CC1. The molecule has 1 atom stereocenters. The van der Waals surface area contributed by atoms with Gasteiger partial charge in [0, 0.05) is 6.04 Å². The number of hydrogen-bond donors (Lipinski definition) is 1. The lowest BCUT2D eigenvalue weighted by atomic mass is 10.1. The maximum atomic E-state index is 3.63. The van der Waals surface area contributed by atoms with Gasteiger partial charge in [0.05, 0.1) is 0 Å². The standard InChI is InChI=1S/C10H21N/c1-3-5-10(4-2)11-8-9-6-7-9/h9-11H,3-8H2,1-2H3. The monoisotopic (exact) mass is 155 g/mol. The zero-order chi connectivity index (χ0) is 8.10. The molecule has 1 saturated carbocycles. The average Bonchev–Trinajstić information content (AvgIpc) is 2.81. The zero-order valence-electron chi connectivity index (χ0n) is 7.90. The summed E-state index contributed by atoms with van der Waals surface area (Å²) >= 11 is 0. The van der Waals surface area contributed by atoms with Crippen LogP contribution < -0.4 is 5.32 Å². The van der Waals surface area contributed by atoms with Crippen molar-refractivity contribution >= 4 is 0 Å². The molecule has 0 aliphatic heterocycles. The number of rotatable bonds is 6. The van der Waals surface area contributed by atoms with E-state index in [9.17, 15) is 0 Å². The zero-order valence-corrected chi connectivity index (χ0v) is 7.90. The van der Waals surface area contributed by atoms with E-state index in [-0.39, 0.29) is 0 Å². The summed E-state index contributed by atoms with van der Waals surface area (Å²) in [5, 5.41) is 3.63. The van der Waals surface area contributed by atoms with Crippen molar-refractivity contribution in [1.29, 1.82) is 0 Å². The molecule has 0 aromatic carbocycles. The van der Waals surface area contributed by atoms with Gasteiger partial charge in [0.15, 0.2) is 0 Å². The molecular formula is C10H21N. The van der Waals surface area contributed by atoms with Crippen LogP contribution in [0.5, 0.6) is 0 Å². The Morgan fingerprint density at radius 1 is 1.36 bits per heavy atom. The maximum absolute atomic E-state index is 3.63. The first-order valence-electron chi connectivity index (χ1n) is 5.10. The van der Waals surface area contributed by atoms with Crippen molar-refractivity contribution in [3.8, 4) is 0 Å². The Labute approximate surface area is 70.6 Å². The molecular weight excluding hydrogens is 134 g/mol. The van der Waals surface area contributed by atoms with E-state index in [1.165, 1.54) is 38.6 Å². The first-order chi connectivity index (χ1) is 5.36. The van der Waals surface area contributed by atoms with Gasteiger partial charge in [-0.05, 0) is 38.1 Å². The van der Waals surface area contributed by atoms with Crippen molar-refractivity contribution in [3.05, 3.63) is 0 Å². The van der Waals surface area contributed by atoms with E-state index in [0.717, 1.165) is 12.0 Å². The summed E-state index contributed by atoms with van der Waals surface area (Å²) in [4.78, 5) is 0. The van der Waals surface area contributed by atoms with Crippen LogP contribution in [0.15, 0.2) is 0 Å². The molecule has 1 rings (SSSR count). The van der Waals surface area contributed by atoms with E-state index < -0.39 is 0 Å². The van der Waals surface area contributed by atoms with Gasteiger partial charge in [0.2, 0.25) is 0 Å². The van der Waals surface area contributed by atoms with Crippen molar-refractivity contribution in [2.24, 2.45) is 5.92 Å². The smallest absolute Gasteiger partial charge is 0.00644 e. The minimum absolute atomic E-state index is 0.792. The highest BCUT2D eigenvalue weighted by molar-refractivity contribution is 4.77. The van der Waals surface area contributed by atoms with Crippen molar-refractivity contribution in [3.63, 3.8) is 0 Å². The van der Waals surface area contributed by atoms with Crippen LogP contribution in [0, 0.1) is 5.92 Å². The van der Waals surface area contributed by atoms with Gasteiger partial charge < -0.3 is 5.32 Å². The van der Waals surface area contributed by atoms with Crippen LogP contribution in [0.3, 0.4) is 0 Å². The van der Waals surface area contributed by atoms with Crippen LogP contribution in [0.1, 0.15) is 46.0 Å². The van der Waals surface area contributed by atoms with Gasteiger partial charge >= 0.3 is 0 Å². The summed E-state index contributed by atoms with van der Waals surface area (Å²) in [5.41, 5.74) is 0. The Morgan fingerprint density at radius 2 is 2.09 bits per heavy atom. The molecule has 1 nitrogen and oxygen atoms in total. The molecule has 11 heavy (non-hydrogen) atoms. The van der Waals surface area contributed by atoms with Crippen molar-refractivity contribution in [2.45, 2.75) is 52.0 Å². The minimum Gasteiger partial charge on any atom is -0.314 e. The molecule has 66 valence electrons. The molecule has 0 heterocycles. The topological polar surface area (TPSA) is 12.0 Å². The Balaban J connectivity index is 1.98. The molecule has 1 aliphatic carbocycles. The van der Waals surface area contributed by atoms with Crippen LogP contribution >= 0.6 is 0 Å². The van der Waals surface area contributed by atoms with E-state index in [1.807, 2.05) is 0 Å². The highest BCUT2D eigenvalue weighted by atomic mass is 14.9. The molecule has 1 aliphatic rings. The first kappa shape index (κ1) is 9.05. The van der Waals surface area contributed by atoms with Crippen molar-refractivity contribution < 1.29 is 0 Å². The molecule has 1 heteroatoms. The van der Waals surface area contributed by atoms with E-state index >= 15 is 0 Å². The van der Waals surface area contributed by atoms with Crippen LogP contribution in [0.2, 0.25) is 0 Å². The van der Waals surface area contributed by atoms with E-state index in [4.69, 9.17) is 0 Å². The molecule has 0 saturated heterocycles. The van der Waals surface area contributed by atoms with Crippen molar-refractivity contribution in [2.75, 3.05) is 6.54 Å². The number of hydrogen-bond acceptors (Lipinski definition) is 1. The van der Waals surface area contributed by atoms with Crippen LogP contribution in [-0.2, 0) is 0 Å². The van der Waals surface area contributed by atoms with E-state index in [0.29, 0.717) is 0 Å². The molecule has 0 bridgehead atoms. The number of nitrogens with one attached hydrogen (secondary N) is 1. The molecule has 0 radical (unpaired) electrons. The molecule has 1 unspecified atom stereocenters. The molecule has 0 spiro atoms. The summed E-state index contributed by atoms with van der Waals surface area (Å²) < 4.78 is 0. The van der Waals surface area contributed by atoms with Gasteiger partial charge in [0.25, 0.3) is 0 Å². The highest BCUT2D eigenvalue weighted by Gasteiger charge is 2.21. The predicted molar refractivity (Wildman–Crippen MR) is 49.7 cm³/mol. The molecule has 0 aromatic rings. The fraction of sp³-hybridized carbons (Fsp3) is 1.00. The third-order valence-electron chi connectivity index (χ3n) is 2.52. The first-order valence-corrected chi connectivity index (χ1v) is 5.10. The second kappa shape index (κ2) is 4.76. The van der Waals surface area contributed by atoms with Crippen LogP contribution in [-0.4, -0.2) is 12.6 Å². The lowest BCUT2D eigenvalue weighted by molar-refractivity contribution is 0.453. The average molecular weight is 155 g/mol. The van der Waals surface area contributed by atoms with E-state index in [1.54, 1.807) is 0 Å². The fourth-order valence-corrected chi connectivity index (χ4v) is 1.45. The maximum Gasteiger partial charge on any atom is 0.00644 e. The van der Waals surface area contributed by atoms with Crippen LogP contribution in [0.4, 0.5) is 0 Å². The lowest BCUT2D eigenvalue weighted by Crippen LogP contribution is -2.29. The summed E-state index contributed by atoms with van der Waals surface area (Å²) in [6.07, 6.45) is 6.89. The summed E-state index contributed by atoms with van der Waals surface area (Å²) in [6, 6.07) is 0.792. The summed E-state index contributed by atoms with van der Waals surface area (Å²) in [6.45, 7) is 5.82. The molecule has 1 fully saturated rings. The Morgan fingerprint density at radius 3 is 2.55 bits per heavy atom. The van der Waals surface area contributed by atoms with Gasteiger partial charge in [-0.25, -0.2) is 0 Å². The summed E-state index contributed by atoms with van der Waals surface area (Å²) in [5.74, 6) is 1.03. The second-order valence-corrected chi connectivity index (χ2v) is 3.75. The normalized spacial score (nSPS) is 20.2. The Bertz CT molecular complexity index is 97.0. The quantitative estimate of drug-likeness (QED) is 0.621. The third-order valence-corrected chi connectivity index (χ3v) is 2.52. The second-order valence-electron chi connectivity index (χ2n) is 3.75. The van der Waals surface area contributed by atoms with Crippen molar-refractivity contribution in [1.82, 2.24) is 5.32 Å². The highest BCUT2D eigenvalue weighted by Crippen LogP contribution is 2.27. The third kappa shape index (κ3) is 3.76. The molecule has 0 aromatic heterocycles. The Kier molecular flexibility index (Phi) is 3.92. The van der Waals surface area contributed by atoms with Gasteiger partial charge in [0.1, 0.15) is 0 Å². The lowest BCUT2D eigenvalue weighted by Gasteiger charge is -2.15. The predicted octanol–water partition coefficient (Wildman–Crippen LogP) is 2.56. The van der Waals surface area contributed by atoms with Crippen LogP contribution in [0.25, 0.3) is 0 Å². The largest absolute Gasteiger partial charge is 0.314 e. The summed E-state index contributed by atoms with van der Waals surface area (Å²) in [7, 11) is 0. The fourth-order valence-electron chi connectivity index (χ4n) is 1.45. The Hall–Kier alpha value is -0.0400. The minimum atomic E-state index is 0.792. The molecule has 0 amide bonds. The van der Waals surface area contributed by atoms with E-state index in [2.05, 4.69) is 19.2 Å². The van der Waals surface area contributed by atoms with Gasteiger partial charge in [-0.2, -0.15) is 0 Å². The van der Waals surface area contributed by atoms with Gasteiger partial charge in [-0.1, -0.05) is 20.3 Å². The molecule has 1 N–H and O–H groups in total. The van der Waals surface area contributed by atoms with Gasteiger partial charge in [-0.15, -0.1) is 0 Å². The van der Waals surface area contributed by atoms with Gasteiger partial charge in [-0.3, -0.25) is 0 Å².